The molecule has 1 fully saturated rings. The Hall–Kier alpha value is -3.21. The summed E-state index contributed by atoms with van der Waals surface area (Å²) in [5.74, 6) is -1.20. The zero-order valence-corrected chi connectivity index (χ0v) is 15.9. The molecule has 2 aliphatic rings. The van der Waals surface area contributed by atoms with E-state index in [-0.39, 0.29) is 29.6 Å². The lowest BCUT2D eigenvalue weighted by atomic mass is 9.82. The lowest BCUT2D eigenvalue weighted by molar-refractivity contribution is -0.122. The maximum absolute atomic E-state index is 12.9. The van der Waals surface area contributed by atoms with E-state index in [1.165, 1.54) is 4.90 Å². The second-order valence-corrected chi connectivity index (χ2v) is 7.59. The highest BCUT2D eigenvalue weighted by Crippen LogP contribution is 2.39. The average Bonchev–Trinajstić information content (AvgIpc) is 2.93. The van der Waals surface area contributed by atoms with Gasteiger partial charge in [-0.05, 0) is 57.0 Å². The van der Waals surface area contributed by atoms with Crippen LogP contribution in [0.1, 0.15) is 35.7 Å². The molecule has 2 atom stereocenters. The maximum atomic E-state index is 12.9. The first-order valence-electron chi connectivity index (χ1n) is 9.45. The Morgan fingerprint density at radius 3 is 2.46 bits per heavy atom. The number of nitrogens with zero attached hydrogens (tertiary/aromatic N) is 1. The van der Waals surface area contributed by atoms with Gasteiger partial charge in [0.1, 0.15) is 0 Å². The Labute approximate surface area is 164 Å². The van der Waals surface area contributed by atoms with E-state index in [1.54, 1.807) is 24.3 Å². The number of carbonyl (C=O) groups excluding carboxylic acids is 3. The third-order valence-corrected chi connectivity index (χ3v) is 5.50. The first kappa shape index (κ1) is 18.2. The van der Waals surface area contributed by atoms with E-state index in [1.807, 2.05) is 44.2 Å². The maximum Gasteiger partial charge on any atom is 0.255 e. The van der Waals surface area contributed by atoms with Crippen LogP contribution in [0.4, 0.5) is 11.4 Å². The van der Waals surface area contributed by atoms with Crippen LogP contribution in [0, 0.1) is 18.8 Å². The number of aryl methyl sites for hydroxylation is 1. The largest absolute Gasteiger partial charge is 0.322 e. The van der Waals surface area contributed by atoms with E-state index in [0.29, 0.717) is 29.8 Å². The van der Waals surface area contributed by atoms with Gasteiger partial charge in [0.25, 0.3) is 5.91 Å². The predicted molar refractivity (Wildman–Crippen MR) is 108 cm³/mol. The van der Waals surface area contributed by atoms with Crippen molar-refractivity contribution in [1.29, 1.82) is 0 Å². The fourth-order valence-corrected chi connectivity index (χ4v) is 3.92. The summed E-state index contributed by atoms with van der Waals surface area (Å²) in [5, 5.41) is 2.85. The van der Waals surface area contributed by atoms with E-state index in [9.17, 15) is 14.4 Å². The van der Waals surface area contributed by atoms with Crippen molar-refractivity contribution in [3.63, 3.8) is 0 Å². The number of fused-ring (bicyclic) bond motifs is 1. The minimum absolute atomic E-state index is 0.168. The zero-order chi connectivity index (χ0) is 19.8. The summed E-state index contributed by atoms with van der Waals surface area (Å²) in [6.45, 7) is 3.97. The van der Waals surface area contributed by atoms with Gasteiger partial charge in [-0.2, -0.15) is 0 Å². The first-order chi connectivity index (χ1) is 13.4. The molecule has 4 rings (SSSR count). The lowest BCUT2D eigenvalue weighted by Crippen LogP contribution is -2.31. The van der Waals surface area contributed by atoms with E-state index < -0.39 is 0 Å². The Morgan fingerprint density at radius 1 is 1.00 bits per heavy atom. The predicted octanol–water partition coefficient (Wildman–Crippen LogP) is 4.09. The number of benzene rings is 2. The fourth-order valence-electron chi connectivity index (χ4n) is 3.92. The monoisotopic (exact) mass is 374 g/mol. The van der Waals surface area contributed by atoms with Gasteiger partial charge < -0.3 is 5.32 Å². The summed E-state index contributed by atoms with van der Waals surface area (Å²) < 4.78 is 0. The third kappa shape index (κ3) is 3.24. The van der Waals surface area contributed by atoms with Crippen molar-refractivity contribution in [2.75, 3.05) is 10.2 Å². The molecule has 1 aliphatic heterocycles. The second kappa shape index (κ2) is 7.08. The van der Waals surface area contributed by atoms with Gasteiger partial charge in [-0.25, -0.2) is 0 Å². The molecule has 0 spiro atoms. The molecule has 1 saturated heterocycles. The minimum Gasteiger partial charge on any atom is -0.322 e. The number of hydrogen-bond acceptors (Lipinski definition) is 3. The summed E-state index contributed by atoms with van der Waals surface area (Å²) in [4.78, 5) is 39.6. The van der Waals surface area contributed by atoms with Crippen molar-refractivity contribution in [1.82, 2.24) is 0 Å². The fraction of sp³-hybridized carbons (Fsp3) is 0.261. The molecule has 2 aromatic carbocycles. The van der Waals surface area contributed by atoms with Crippen molar-refractivity contribution in [2.45, 2.75) is 26.7 Å². The SMILES string of the molecule is CC1=CC[C@H]2C(=O)N(c3cccc(C(=O)Nc4ccc(C)cc4)c3)C(=O)[C@H]2C1. The highest BCUT2D eigenvalue weighted by molar-refractivity contribution is 6.22. The van der Waals surface area contributed by atoms with E-state index >= 15 is 0 Å². The second-order valence-electron chi connectivity index (χ2n) is 7.59. The van der Waals surface area contributed by atoms with Gasteiger partial charge >= 0.3 is 0 Å². The number of imide groups is 1. The van der Waals surface area contributed by atoms with Crippen LogP contribution >= 0.6 is 0 Å². The normalized spacial score (nSPS) is 21.4. The summed E-state index contributed by atoms with van der Waals surface area (Å²) in [5.41, 5.74) is 3.82. The number of allylic oxidation sites excluding steroid dienone is 2. The molecule has 28 heavy (non-hydrogen) atoms. The quantitative estimate of drug-likeness (QED) is 0.650. The third-order valence-electron chi connectivity index (χ3n) is 5.50. The van der Waals surface area contributed by atoms with Crippen LogP contribution in [0.15, 0.2) is 60.2 Å². The molecule has 142 valence electrons. The van der Waals surface area contributed by atoms with Crippen LogP contribution in [-0.4, -0.2) is 17.7 Å². The van der Waals surface area contributed by atoms with E-state index in [4.69, 9.17) is 0 Å². The van der Waals surface area contributed by atoms with Crippen LogP contribution in [0.3, 0.4) is 0 Å². The molecule has 1 aliphatic carbocycles. The number of carbonyl (C=O) groups is 3. The van der Waals surface area contributed by atoms with Gasteiger partial charge in [-0.3, -0.25) is 19.3 Å². The molecule has 2 aromatic rings. The standard InChI is InChI=1S/C23H22N2O3/c1-14-6-9-17(10-7-14)24-21(26)16-4-3-5-18(13-16)25-22(27)19-11-8-15(2)12-20(19)23(25)28/h3-10,13,19-20H,11-12H2,1-2H3,(H,24,26)/t19-,20+/m1/s1. The zero-order valence-electron chi connectivity index (χ0n) is 15.9. The molecule has 1 heterocycles. The highest BCUT2D eigenvalue weighted by atomic mass is 16.2. The molecular weight excluding hydrogens is 352 g/mol. The molecule has 0 radical (unpaired) electrons. The topological polar surface area (TPSA) is 66.5 Å². The van der Waals surface area contributed by atoms with Gasteiger partial charge in [0.15, 0.2) is 0 Å². The van der Waals surface area contributed by atoms with Crippen molar-refractivity contribution >= 4 is 29.1 Å². The minimum atomic E-state index is -0.291. The van der Waals surface area contributed by atoms with Crippen molar-refractivity contribution in [3.05, 3.63) is 71.3 Å². The molecular formula is C23H22N2O3. The van der Waals surface area contributed by atoms with Crippen LogP contribution < -0.4 is 10.2 Å². The Balaban J connectivity index is 1.57. The van der Waals surface area contributed by atoms with Crippen molar-refractivity contribution < 1.29 is 14.4 Å². The highest BCUT2D eigenvalue weighted by Gasteiger charge is 2.48. The number of amides is 3. The van der Waals surface area contributed by atoms with E-state index in [2.05, 4.69) is 5.32 Å². The van der Waals surface area contributed by atoms with Crippen molar-refractivity contribution in [3.8, 4) is 0 Å². The molecule has 0 aromatic heterocycles. The smallest absolute Gasteiger partial charge is 0.255 e. The average molecular weight is 374 g/mol. The van der Waals surface area contributed by atoms with Gasteiger partial charge in [0.2, 0.25) is 11.8 Å². The Morgan fingerprint density at radius 2 is 1.71 bits per heavy atom. The number of rotatable bonds is 3. The summed E-state index contributed by atoms with van der Waals surface area (Å²) in [6.07, 6.45) is 3.27. The van der Waals surface area contributed by atoms with Crippen LogP contribution in [0.2, 0.25) is 0 Å². The van der Waals surface area contributed by atoms with Crippen LogP contribution in [-0.2, 0) is 9.59 Å². The molecule has 1 N–H and O–H groups in total. The lowest BCUT2D eigenvalue weighted by Gasteiger charge is -2.18. The molecule has 3 amide bonds. The van der Waals surface area contributed by atoms with Gasteiger partial charge in [-0.15, -0.1) is 0 Å². The molecule has 5 nitrogen and oxygen atoms in total. The molecule has 0 saturated carbocycles. The molecule has 0 unspecified atom stereocenters. The number of hydrogen-bond donors (Lipinski definition) is 1. The number of nitrogens with one attached hydrogen (secondary N) is 1. The van der Waals surface area contributed by atoms with E-state index in [0.717, 1.165) is 11.1 Å². The van der Waals surface area contributed by atoms with Gasteiger partial charge in [0, 0.05) is 11.3 Å². The molecule has 0 bridgehead atoms. The first-order valence-corrected chi connectivity index (χ1v) is 9.45. The summed E-state index contributed by atoms with van der Waals surface area (Å²) >= 11 is 0. The van der Waals surface area contributed by atoms with Gasteiger partial charge in [-0.1, -0.05) is 35.4 Å². The molecule has 5 heteroatoms. The Bertz CT molecular complexity index is 991. The summed E-state index contributed by atoms with van der Waals surface area (Å²) in [6, 6.07) is 14.2. The van der Waals surface area contributed by atoms with Gasteiger partial charge in [0.05, 0.1) is 17.5 Å². The summed E-state index contributed by atoms with van der Waals surface area (Å²) in [7, 11) is 0. The van der Waals surface area contributed by atoms with Crippen LogP contribution in [0.5, 0.6) is 0 Å². The number of anilines is 2. The van der Waals surface area contributed by atoms with Crippen LogP contribution in [0.25, 0.3) is 0 Å². The van der Waals surface area contributed by atoms with Crippen molar-refractivity contribution in [2.24, 2.45) is 11.8 Å². The Kier molecular flexibility index (Phi) is 4.59.